The summed E-state index contributed by atoms with van der Waals surface area (Å²) in [4.78, 5) is 5.34. The van der Waals surface area contributed by atoms with Crippen molar-refractivity contribution in [2.24, 2.45) is 0 Å². The molecule has 2 rings (SSSR count). The number of rotatable bonds is 4. The van der Waals surface area contributed by atoms with Gasteiger partial charge >= 0.3 is 0 Å². The van der Waals surface area contributed by atoms with E-state index >= 15 is 0 Å². The van der Waals surface area contributed by atoms with Crippen LogP contribution in [0.3, 0.4) is 0 Å². The van der Waals surface area contributed by atoms with E-state index in [1.54, 1.807) is 18.3 Å². The molecular formula is C15H9ClN4S. The van der Waals surface area contributed by atoms with Crippen molar-refractivity contribution < 1.29 is 0 Å². The van der Waals surface area contributed by atoms with Crippen molar-refractivity contribution in [2.75, 3.05) is 5.32 Å². The van der Waals surface area contributed by atoms with Crippen LogP contribution >= 0.6 is 23.4 Å². The summed E-state index contributed by atoms with van der Waals surface area (Å²) in [7, 11) is 0. The zero-order valence-corrected chi connectivity index (χ0v) is 12.3. The van der Waals surface area contributed by atoms with Crippen LogP contribution in [0.4, 0.5) is 5.69 Å². The van der Waals surface area contributed by atoms with Crippen molar-refractivity contribution >= 4 is 29.1 Å². The molecule has 6 heteroatoms. The summed E-state index contributed by atoms with van der Waals surface area (Å²) in [6.07, 6.45) is 2.99. The van der Waals surface area contributed by atoms with Gasteiger partial charge in [0.25, 0.3) is 0 Å². The van der Waals surface area contributed by atoms with Crippen LogP contribution in [-0.2, 0) is 0 Å². The fraction of sp³-hybridized carbons (Fsp3) is 0. The highest BCUT2D eigenvalue weighted by atomic mass is 35.5. The lowest BCUT2D eigenvalue weighted by Gasteiger charge is -2.03. The molecule has 0 spiro atoms. The molecule has 1 N–H and O–H groups in total. The maximum atomic E-state index is 8.62. The molecule has 0 radical (unpaired) electrons. The Balaban J connectivity index is 2.03. The van der Waals surface area contributed by atoms with E-state index in [0.717, 1.165) is 9.92 Å². The van der Waals surface area contributed by atoms with Gasteiger partial charge in [0.1, 0.15) is 22.7 Å². The average Bonchev–Trinajstić information content (AvgIpc) is 2.52. The average molecular weight is 313 g/mol. The van der Waals surface area contributed by atoms with Crippen LogP contribution in [-0.4, -0.2) is 4.98 Å². The molecular weight excluding hydrogens is 304 g/mol. The first kappa shape index (κ1) is 14.9. The third-order valence-electron chi connectivity index (χ3n) is 2.40. The summed E-state index contributed by atoms with van der Waals surface area (Å²) in [5.74, 6) is 0. The van der Waals surface area contributed by atoms with E-state index in [2.05, 4.69) is 10.3 Å². The molecule has 4 nitrogen and oxygen atoms in total. The first-order chi connectivity index (χ1) is 10.2. The van der Waals surface area contributed by atoms with Gasteiger partial charge in [-0.25, -0.2) is 4.98 Å². The van der Waals surface area contributed by atoms with Gasteiger partial charge in [-0.05, 0) is 36.4 Å². The quantitative estimate of drug-likeness (QED) is 0.855. The Hall–Kier alpha value is -2.47. The van der Waals surface area contributed by atoms with Crippen LogP contribution in [0, 0.1) is 22.7 Å². The van der Waals surface area contributed by atoms with Crippen LogP contribution in [0.5, 0.6) is 0 Å². The summed E-state index contributed by atoms with van der Waals surface area (Å²) in [6, 6.07) is 14.7. The highest BCUT2D eigenvalue weighted by molar-refractivity contribution is 7.99. The number of benzene rings is 1. The third kappa shape index (κ3) is 4.54. The van der Waals surface area contributed by atoms with Gasteiger partial charge in [-0.15, -0.1) is 0 Å². The number of nitriles is 2. The Bertz CT molecular complexity index is 708. The molecule has 0 atom stereocenters. The van der Waals surface area contributed by atoms with Gasteiger partial charge in [0.2, 0.25) is 0 Å². The molecule has 0 aliphatic carbocycles. The monoisotopic (exact) mass is 312 g/mol. The highest BCUT2D eigenvalue weighted by Gasteiger charge is 2.00. The third-order valence-corrected chi connectivity index (χ3v) is 3.61. The minimum absolute atomic E-state index is 0.00890. The number of hydrogen-bond acceptors (Lipinski definition) is 5. The number of hydrogen-bond donors (Lipinski definition) is 1. The van der Waals surface area contributed by atoms with Gasteiger partial charge in [0.05, 0.1) is 11.9 Å². The number of nitrogens with one attached hydrogen (secondary N) is 1. The molecule has 102 valence electrons. The van der Waals surface area contributed by atoms with E-state index in [1.165, 1.54) is 18.0 Å². The van der Waals surface area contributed by atoms with Crippen LogP contribution in [0.25, 0.3) is 0 Å². The standard InChI is InChI=1S/C15H9ClN4S/c16-12-1-4-14(5-2-12)21-15-6-3-13(10-20-15)19-9-11(7-17)8-18/h1-6,9-10,19H. The van der Waals surface area contributed by atoms with Gasteiger partial charge in [-0.1, -0.05) is 23.4 Å². The van der Waals surface area contributed by atoms with Gasteiger partial charge < -0.3 is 5.32 Å². The predicted octanol–water partition coefficient (Wildman–Crippen LogP) is 4.23. The van der Waals surface area contributed by atoms with E-state index < -0.39 is 0 Å². The summed E-state index contributed by atoms with van der Waals surface area (Å²) in [5.41, 5.74) is 0.716. The highest BCUT2D eigenvalue weighted by Crippen LogP contribution is 2.27. The molecule has 0 aliphatic heterocycles. The number of aromatic nitrogens is 1. The minimum atomic E-state index is 0.00890. The number of allylic oxidation sites excluding steroid dienone is 1. The number of halogens is 1. The maximum Gasteiger partial charge on any atom is 0.145 e. The predicted molar refractivity (Wildman–Crippen MR) is 82.7 cm³/mol. The number of nitrogens with zero attached hydrogens (tertiary/aromatic N) is 3. The summed E-state index contributed by atoms with van der Waals surface area (Å²) in [6.45, 7) is 0. The van der Waals surface area contributed by atoms with E-state index in [9.17, 15) is 0 Å². The van der Waals surface area contributed by atoms with Crippen LogP contribution in [0.2, 0.25) is 5.02 Å². The summed E-state index contributed by atoms with van der Waals surface area (Å²) >= 11 is 7.36. The lowest BCUT2D eigenvalue weighted by atomic mass is 10.3. The normalized spacial score (nSPS) is 9.29. The van der Waals surface area contributed by atoms with Crippen molar-refractivity contribution in [2.45, 2.75) is 9.92 Å². The van der Waals surface area contributed by atoms with Crippen LogP contribution < -0.4 is 5.32 Å². The Morgan fingerprint density at radius 2 is 1.86 bits per heavy atom. The van der Waals surface area contributed by atoms with E-state index in [-0.39, 0.29) is 5.57 Å². The van der Waals surface area contributed by atoms with E-state index in [4.69, 9.17) is 22.1 Å². The number of anilines is 1. The number of pyridine rings is 1. The Morgan fingerprint density at radius 3 is 2.43 bits per heavy atom. The van der Waals surface area contributed by atoms with Gasteiger partial charge in [-0.3, -0.25) is 0 Å². The molecule has 1 heterocycles. The first-order valence-electron chi connectivity index (χ1n) is 5.87. The van der Waals surface area contributed by atoms with Crippen LogP contribution in [0.1, 0.15) is 0 Å². The lowest BCUT2D eigenvalue weighted by Crippen LogP contribution is -1.91. The zero-order valence-electron chi connectivity index (χ0n) is 10.7. The van der Waals surface area contributed by atoms with Crippen molar-refractivity contribution in [1.82, 2.24) is 4.98 Å². The van der Waals surface area contributed by atoms with Crippen molar-refractivity contribution in [3.8, 4) is 12.1 Å². The zero-order chi connectivity index (χ0) is 15.1. The Kier molecular flexibility index (Phi) is 5.22. The molecule has 2 aromatic rings. The Labute approximate surface area is 131 Å². The molecule has 0 aliphatic rings. The van der Waals surface area contributed by atoms with Crippen molar-refractivity contribution in [3.63, 3.8) is 0 Å². The van der Waals surface area contributed by atoms with Crippen molar-refractivity contribution in [3.05, 3.63) is 59.4 Å². The topological polar surface area (TPSA) is 72.5 Å². The second-order valence-electron chi connectivity index (χ2n) is 3.87. The molecule has 0 amide bonds. The minimum Gasteiger partial charge on any atom is -0.359 e. The second-order valence-corrected chi connectivity index (χ2v) is 5.40. The molecule has 1 aromatic heterocycles. The van der Waals surface area contributed by atoms with E-state index in [0.29, 0.717) is 10.7 Å². The molecule has 1 aromatic carbocycles. The summed E-state index contributed by atoms with van der Waals surface area (Å²) in [5, 5.41) is 21.6. The smallest absolute Gasteiger partial charge is 0.145 e. The first-order valence-corrected chi connectivity index (χ1v) is 7.07. The van der Waals surface area contributed by atoms with Gasteiger partial charge in [-0.2, -0.15) is 10.5 Å². The Morgan fingerprint density at radius 1 is 1.14 bits per heavy atom. The molecule has 21 heavy (non-hydrogen) atoms. The fourth-order valence-corrected chi connectivity index (χ4v) is 2.28. The summed E-state index contributed by atoms with van der Waals surface area (Å²) < 4.78 is 0. The second kappa shape index (κ2) is 7.35. The van der Waals surface area contributed by atoms with Gasteiger partial charge in [0.15, 0.2) is 0 Å². The lowest BCUT2D eigenvalue weighted by molar-refractivity contribution is 1.13. The molecule has 0 saturated carbocycles. The van der Waals surface area contributed by atoms with E-state index in [1.807, 2.05) is 36.4 Å². The molecule has 0 fully saturated rings. The maximum absolute atomic E-state index is 8.62. The molecule has 0 saturated heterocycles. The molecule has 0 bridgehead atoms. The SMILES string of the molecule is N#CC(C#N)=CNc1ccc(Sc2ccc(Cl)cc2)nc1. The molecule has 0 unspecified atom stereocenters. The fourth-order valence-electron chi connectivity index (χ4n) is 1.39. The van der Waals surface area contributed by atoms with Crippen LogP contribution in [0.15, 0.2) is 64.3 Å². The van der Waals surface area contributed by atoms with Gasteiger partial charge in [0, 0.05) is 16.1 Å². The van der Waals surface area contributed by atoms with Crippen molar-refractivity contribution in [1.29, 1.82) is 10.5 Å². The largest absolute Gasteiger partial charge is 0.359 e.